The lowest BCUT2D eigenvalue weighted by molar-refractivity contribution is 0.726. The molecule has 0 spiro atoms. The Morgan fingerprint density at radius 1 is 1.19 bits per heavy atom. The molecule has 1 aliphatic heterocycles. The summed E-state index contributed by atoms with van der Waals surface area (Å²) in [5.41, 5.74) is 11.2. The first kappa shape index (κ1) is 14.4. The van der Waals surface area contributed by atoms with Crippen LogP contribution in [0.1, 0.15) is 24.5 Å². The van der Waals surface area contributed by atoms with Gasteiger partial charge in [0.05, 0.1) is 0 Å². The van der Waals surface area contributed by atoms with Gasteiger partial charge in [-0.05, 0) is 55.5 Å². The van der Waals surface area contributed by atoms with Gasteiger partial charge in [0.2, 0.25) is 0 Å². The zero-order chi connectivity index (χ0) is 14.8. The molecule has 0 saturated carbocycles. The molecule has 0 saturated heterocycles. The van der Waals surface area contributed by atoms with E-state index in [1.165, 1.54) is 28.9 Å². The fourth-order valence-electron chi connectivity index (χ4n) is 3.09. The lowest BCUT2D eigenvalue weighted by atomic mass is 9.98. The van der Waals surface area contributed by atoms with Crippen molar-refractivity contribution in [3.8, 4) is 0 Å². The van der Waals surface area contributed by atoms with Crippen LogP contribution in [0.15, 0.2) is 42.5 Å². The molecule has 1 aliphatic rings. The zero-order valence-corrected chi connectivity index (χ0v) is 13.1. The van der Waals surface area contributed by atoms with E-state index in [4.69, 9.17) is 17.3 Å². The van der Waals surface area contributed by atoms with Crippen LogP contribution in [0.2, 0.25) is 5.02 Å². The number of fused-ring (bicyclic) bond motifs is 1. The molecule has 1 atom stereocenters. The van der Waals surface area contributed by atoms with Crippen molar-refractivity contribution in [2.75, 3.05) is 11.4 Å². The second-order valence-corrected chi connectivity index (χ2v) is 6.27. The Hall–Kier alpha value is -1.51. The molecule has 0 bridgehead atoms. The summed E-state index contributed by atoms with van der Waals surface area (Å²) in [6.07, 6.45) is 3.18. The van der Waals surface area contributed by atoms with Crippen molar-refractivity contribution < 1.29 is 0 Å². The van der Waals surface area contributed by atoms with Gasteiger partial charge in [0.15, 0.2) is 0 Å². The summed E-state index contributed by atoms with van der Waals surface area (Å²) in [6, 6.07) is 14.9. The number of benzene rings is 2. The highest BCUT2D eigenvalue weighted by Gasteiger charge is 2.20. The molecule has 0 aliphatic carbocycles. The van der Waals surface area contributed by atoms with Crippen LogP contribution in [0.5, 0.6) is 0 Å². The molecule has 3 rings (SSSR count). The summed E-state index contributed by atoms with van der Waals surface area (Å²) < 4.78 is 0. The summed E-state index contributed by atoms with van der Waals surface area (Å²) in [5, 5.41) is 0.779. The third kappa shape index (κ3) is 3.07. The minimum absolute atomic E-state index is 0.143. The van der Waals surface area contributed by atoms with Crippen LogP contribution in [-0.2, 0) is 12.8 Å². The lowest BCUT2D eigenvalue weighted by Gasteiger charge is -2.33. The number of nitrogens with zero attached hydrogens (tertiary/aromatic N) is 1. The molecule has 21 heavy (non-hydrogen) atoms. The smallest absolute Gasteiger partial charge is 0.0458 e. The number of hydrogen-bond acceptors (Lipinski definition) is 2. The largest absolute Gasteiger partial charge is 0.341 e. The van der Waals surface area contributed by atoms with E-state index in [-0.39, 0.29) is 6.04 Å². The van der Waals surface area contributed by atoms with Gasteiger partial charge in [-0.3, -0.25) is 0 Å². The molecular weight excluding hydrogens is 280 g/mol. The van der Waals surface area contributed by atoms with Crippen LogP contribution >= 0.6 is 11.6 Å². The van der Waals surface area contributed by atoms with Gasteiger partial charge >= 0.3 is 0 Å². The van der Waals surface area contributed by atoms with Gasteiger partial charge in [-0.25, -0.2) is 0 Å². The summed E-state index contributed by atoms with van der Waals surface area (Å²) in [5.74, 6) is 0. The predicted octanol–water partition coefficient (Wildman–Crippen LogP) is 4.31. The highest BCUT2D eigenvalue weighted by molar-refractivity contribution is 6.30. The molecule has 110 valence electrons. The number of aryl methyl sites for hydroxylation is 1. The maximum Gasteiger partial charge on any atom is 0.0458 e. The number of anilines is 2. The van der Waals surface area contributed by atoms with E-state index in [9.17, 15) is 0 Å². The second kappa shape index (κ2) is 6.08. The standard InChI is InChI=1S/C18H21ClN2/c1-13(20)11-15-8-9-16(19)12-18(15)21-10-4-6-14-5-2-3-7-17(14)21/h2-3,5,7-9,12-13H,4,6,10-11,20H2,1H3. The molecule has 2 aromatic carbocycles. The molecule has 2 N–H and O–H groups in total. The Balaban J connectivity index is 2.06. The summed E-state index contributed by atoms with van der Waals surface area (Å²) in [4.78, 5) is 2.39. The zero-order valence-electron chi connectivity index (χ0n) is 12.3. The quantitative estimate of drug-likeness (QED) is 0.915. The summed E-state index contributed by atoms with van der Waals surface area (Å²) >= 11 is 6.24. The second-order valence-electron chi connectivity index (χ2n) is 5.84. The Morgan fingerprint density at radius 2 is 2.00 bits per heavy atom. The van der Waals surface area contributed by atoms with Crippen LogP contribution in [0.25, 0.3) is 0 Å². The molecule has 2 nitrogen and oxygen atoms in total. The van der Waals surface area contributed by atoms with E-state index < -0.39 is 0 Å². The molecule has 0 aromatic heterocycles. The van der Waals surface area contributed by atoms with Crippen molar-refractivity contribution in [1.29, 1.82) is 0 Å². The monoisotopic (exact) mass is 300 g/mol. The number of nitrogens with two attached hydrogens (primary N) is 1. The van der Waals surface area contributed by atoms with Gasteiger partial charge in [0.1, 0.15) is 0 Å². The molecule has 3 heteroatoms. The van der Waals surface area contributed by atoms with E-state index in [0.29, 0.717) is 0 Å². The maximum atomic E-state index is 6.24. The Morgan fingerprint density at radius 3 is 2.81 bits per heavy atom. The van der Waals surface area contributed by atoms with Gasteiger partial charge < -0.3 is 10.6 Å². The van der Waals surface area contributed by atoms with Gasteiger partial charge in [-0.2, -0.15) is 0 Å². The first-order valence-electron chi connectivity index (χ1n) is 7.54. The van der Waals surface area contributed by atoms with Crippen molar-refractivity contribution >= 4 is 23.0 Å². The first-order valence-corrected chi connectivity index (χ1v) is 7.92. The fraction of sp³-hybridized carbons (Fsp3) is 0.333. The fourth-order valence-corrected chi connectivity index (χ4v) is 3.26. The average Bonchev–Trinajstić information content (AvgIpc) is 2.48. The van der Waals surface area contributed by atoms with Gasteiger partial charge in [-0.15, -0.1) is 0 Å². The van der Waals surface area contributed by atoms with Crippen molar-refractivity contribution in [2.45, 2.75) is 32.2 Å². The van der Waals surface area contributed by atoms with E-state index in [2.05, 4.69) is 41.3 Å². The third-order valence-electron chi connectivity index (χ3n) is 3.99. The number of rotatable bonds is 3. The molecule has 1 unspecified atom stereocenters. The highest BCUT2D eigenvalue weighted by atomic mass is 35.5. The maximum absolute atomic E-state index is 6.24. The molecule has 1 heterocycles. The first-order chi connectivity index (χ1) is 10.1. The molecular formula is C18H21ClN2. The molecule has 0 amide bonds. The Bertz CT molecular complexity index is 637. The van der Waals surface area contributed by atoms with E-state index >= 15 is 0 Å². The Kier molecular flexibility index (Phi) is 4.18. The van der Waals surface area contributed by atoms with Crippen LogP contribution in [0, 0.1) is 0 Å². The van der Waals surface area contributed by atoms with Crippen molar-refractivity contribution in [2.24, 2.45) is 5.73 Å². The predicted molar refractivity (Wildman–Crippen MR) is 90.6 cm³/mol. The molecule has 0 fully saturated rings. The van der Waals surface area contributed by atoms with Crippen LogP contribution < -0.4 is 10.6 Å². The average molecular weight is 301 g/mol. The SMILES string of the molecule is CC(N)Cc1ccc(Cl)cc1N1CCCc2ccccc21. The van der Waals surface area contributed by atoms with E-state index in [1.54, 1.807) is 0 Å². The van der Waals surface area contributed by atoms with Gasteiger partial charge in [0, 0.05) is 29.0 Å². The van der Waals surface area contributed by atoms with Crippen LogP contribution in [0.3, 0.4) is 0 Å². The van der Waals surface area contributed by atoms with Crippen LogP contribution in [-0.4, -0.2) is 12.6 Å². The normalized spacial score (nSPS) is 15.7. The minimum Gasteiger partial charge on any atom is -0.341 e. The summed E-state index contributed by atoms with van der Waals surface area (Å²) in [6.45, 7) is 3.08. The van der Waals surface area contributed by atoms with Crippen molar-refractivity contribution in [3.05, 3.63) is 58.6 Å². The van der Waals surface area contributed by atoms with Gasteiger partial charge in [-0.1, -0.05) is 35.9 Å². The molecule has 2 aromatic rings. The minimum atomic E-state index is 0.143. The Labute approximate surface area is 131 Å². The van der Waals surface area contributed by atoms with E-state index in [0.717, 1.165) is 24.4 Å². The third-order valence-corrected chi connectivity index (χ3v) is 4.23. The number of para-hydroxylation sites is 1. The van der Waals surface area contributed by atoms with Gasteiger partial charge in [0.25, 0.3) is 0 Å². The van der Waals surface area contributed by atoms with Crippen molar-refractivity contribution in [1.82, 2.24) is 0 Å². The highest BCUT2D eigenvalue weighted by Crippen LogP contribution is 2.36. The number of halogens is 1. The topological polar surface area (TPSA) is 29.3 Å². The van der Waals surface area contributed by atoms with Crippen LogP contribution in [0.4, 0.5) is 11.4 Å². The molecule has 0 radical (unpaired) electrons. The number of hydrogen-bond donors (Lipinski definition) is 1. The lowest BCUT2D eigenvalue weighted by Crippen LogP contribution is -2.27. The summed E-state index contributed by atoms with van der Waals surface area (Å²) in [7, 11) is 0. The van der Waals surface area contributed by atoms with Crippen molar-refractivity contribution in [3.63, 3.8) is 0 Å². The van der Waals surface area contributed by atoms with E-state index in [1.807, 2.05) is 13.0 Å².